The van der Waals surface area contributed by atoms with Crippen molar-refractivity contribution in [2.45, 2.75) is 13.3 Å². The molecule has 1 aliphatic heterocycles. The maximum atomic E-state index is 11.9. The van der Waals surface area contributed by atoms with Crippen molar-refractivity contribution in [3.05, 3.63) is 0 Å². The summed E-state index contributed by atoms with van der Waals surface area (Å²) in [5.74, 6) is -1.57. The molecule has 2 N–H and O–H groups in total. The van der Waals surface area contributed by atoms with Gasteiger partial charge in [-0.15, -0.1) is 0 Å². The van der Waals surface area contributed by atoms with Gasteiger partial charge in [0.05, 0.1) is 18.7 Å². The number of hydrogen-bond donors (Lipinski definition) is 2. The van der Waals surface area contributed by atoms with E-state index in [4.69, 9.17) is 5.11 Å². The first-order valence-corrected chi connectivity index (χ1v) is 8.14. The Labute approximate surface area is 118 Å². The summed E-state index contributed by atoms with van der Waals surface area (Å²) in [5.41, 5.74) is 0. The highest BCUT2D eigenvalue weighted by Gasteiger charge is 2.27. The van der Waals surface area contributed by atoms with Gasteiger partial charge < -0.3 is 10.4 Å². The highest BCUT2D eigenvalue weighted by atomic mass is 32.2. The molecule has 0 bridgehead atoms. The second-order valence-electron chi connectivity index (χ2n) is 4.59. The Balaban J connectivity index is 2.41. The number of sulfonamides is 1. The van der Waals surface area contributed by atoms with Crippen LogP contribution in [0.3, 0.4) is 0 Å². The van der Waals surface area contributed by atoms with Crippen molar-refractivity contribution in [2.24, 2.45) is 0 Å². The number of carboxylic acid groups (broad SMARTS) is 1. The maximum absolute atomic E-state index is 11.9. The zero-order valence-corrected chi connectivity index (χ0v) is 12.4. The van der Waals surface area contributed by atoms with Crippen LogP contribution in [0.15, 0.2) is 0 Å². The molecule has 0 aromatic rings. The van der Waals surface area contributed by atoms with E-state index in [0.29, 0.717) is 32.7 Å². The molecule has 0 unspecified atom stereocenters. The molecule has 0 saturated carbocycles. The predicted octanol–water partition coefficient (Wildman–Crippen LogP) is -1.46. The minimum absolute atomic E-state index is 0.0744. The molecule has 1 fully saturated rings. The van der Waals surface area contributed by atoms with E-state index < -0.39 is 16.0 Å². The van der Waals surface area contributed by atoms with Crippen molar-refractivity contribution >= 4 is 21.9 Å². The summed E-state index contributed by atoms with van der Waals surface area (Å²) in [4.78, 5) is 23.7. The second kappa shape index (κ2) is 7.55. The van der Waals surface area contributed by atoms with Crippen LogP contribution in [0.5, 0.6) is 0 Å². The molecule has 20 heavy (non-hydrogen) atoms. The fraction of sp³-hybridized carbons (Fsp3) is 0.818. The lowest BCUT2D eigenvalue weighted by atomic mass is 10.3. The lowest BCUT2D eigenvalue weighted by molar-refractivity contribution is -0.136. The minimum Gasteiger partial charge on any atom is -0.481 e. The number of nitrogens with one attached hydrogen (secondary N) is 1. The summed E-state index contributed by atoms with van der Waals surface area (Å²) in [7, 11) is -3.52. The van der Waals surface area contributed by atoms with Gasteiger partial charge in [0.1, 0.15) is 0 Å². The van der Waals surface area contributed by atoms with Crippen molar-refractivity contribution in [3.8, 4) is 0 Å². The molecule has 8 nitrogen and oxygen atoms in total. The lowest BCUT2D eigenvalue weighted by Gasteiger charge is -2.33. The molecule has 1 saturated heterocycles. The van der Waals surface area contributed by atoms with Gasteiger partial charge in [0.25, 0.3) is 0 Å². The standard InChI is InChI=1S/C11H21N3O5S/c1-2-12-10(15)9-13-4-6-14(7-5-13)20(18,19)8-3-11(16)17/h2-9H2,1H3,(H,12,15)(H,16,17). The van der Waals surface area contributed by atoms with Gasteiger partial charge in [0.15, 0.2) is 0 Å². The summed E-state index contributed by atoms with van der Waals surface area (Å²) in [6.45, 7) is 4.21. The fourth-order valence-corrected chi connectivity index (χ4v) is 3.38. The van der Waals surface area contributed by atoms with Gasteiger partial charge in [-0.2, -0.15) is 4.31 Å². The lowest BCUT2D eigenvalue weighted by Crippen LogP contribution is -2.51. The number of nitrogens with zero attached hydrogens (tertiary/aromatic N) is 2. The zero-order chi connectivity index (χ0) is 15.2. The Bertz CT molecular complexity index is 443. The minimum atomic E-state index is -3.52. The Morgan fingerprint density at radius 2 is 1.80 bits per heavy atom. The highest BCUT2D eigenvalue weighted by Crippen LogP contribution is 2.09. The first-order valence-electron chi connectivity index (χ1n) is 6.54. The third-order valence-electron chi connectivity index (χ3n) is 3.04. The van der Waals surface area contributed by atoms with Gasteiger partial charge in [0, 0.05) is 32.7 Å². The predicted molar refractivity (Wildman–Crippen MR) is 72.7 cm³/mol. The molecular weight excluding hydrogens is 286 g/mol. The fourth-order valence-electron chi connectivity index (χ4n) is 1.97. The first-order chi connectivity index (χ1) is 9.35. The van der Waals surface area contributed by atoms with E-state index in [1.54, 1.807) is 0 Å². The molecule has 0 spiro atoms. The molecular formula is C11H21N3O5S. The summed E-state index contributed by atoms with van der Waals surface area (Å²) in [6.07, 6.45) is -0.387. The van der Waals surface area contributed by atoms with E-state index in [9.17, 15) is 18.0 Å². The number of carboxylic acids is 1. The van der Waals surface area contributed by atoms with Gasteiger partial charge in [-0.05, 0) is 6.92 Å². The van der Waals surface area contributed by atoms with E-state index in [0.717, 1.165) is 0 Å². The average Bonchev–Trinajstić information content (AvgIpc) is 2.37. The maximum Gasteiger partial charge on any atom is 0.304 e. The van der Waals surface area contributed by atoms with Crippen LogP contribution in [0.4, 0.5) is 0 Å². The van der Waals surface area contributed by atoms with Crippen LogP contribution in [0.2, 0.25) is 0 Å². The number of carbonyl (C=O) groups excluding carboxylic acids is 1. The van der Waals surface area contributed by atoms with E-state index in [2.05, 4.69) is 5.32 Å². The molecule has 0 aliphatic carbocycles. The Kier molecular flexibility index (Phi) is 6.37. The summed E-state index contributed by atoms with van der Waals surface area (Å²) < 4.78 is 25.1. The van der Waals surface area contributed by atoms with Crippen LogP contribution in [-0.2, 0) is 19.6 Å². The molecule has 0 aromatic carbocycles. The van der Waals surface area contributed by atoms with E-state index in [1.807, 2.05) is 11.8 Å². The number of piperazine rings is 1. The molecule has 1 rings (SSSR count). The number of hydrogen-bond acceptors (Lipinski definition) is 5. The Hall–Kier alpha value is -1.19. The van der Waals surface area contributed by atoms with Gasteiger partial charge in [-0.25, -0.2) is 8.42 Å². The highest BCUT2D eigenvalue weighted by molar-refractivity contribution is 7.89. The summed E-state index contributed by atoms with van der Waals surface area (Å²) in [5, 5.41) is 11.2. The second-order valence-corrected chi connectivity index (χ2v) is 6.68. The molecule has 116 valence electrons. The van der Waals surface area contributed by atoms with Gasteiger partial charge in [0.2, 0.25) is 15.9 Å². The van der Waals surface area contributed by atoms with Crippen molar-refractivity contribution in [1.82, 2.24) is 14.5 Å². The third kappa shape index (κ3) is 5.43. The monoisotopic (exact) mass is 307 g/mol. The molecule has 0 radical (unpaired) electrons. The van der Waals surface area contributed by atoms with Crippen LogP contribution >= 0.6 is 0 Å². The van der Waals surface area contributed by atoms with Gasteiger partial charge >= 0.3 is 5.97 Å². The summed E-state index contributed by atoms with van der Waals surface area (Å²) in [6, 6.07) is 0. The average molecular weight is 307 g/mol. The van der Waals surface area contributed by atoms with Crippen molar-refractivity contribution in [1.29, 1.82) is 0 Å². The van der Waals surface area contributed by atoms with Crippen molar-refractivity contribution in [3.63, 3.8) is 0 Å². The quantitative estimate of drug-likeness (QED) is 0.595. The number of rotatable bonds is 7. The number of carbonyl (C=O) groups is 2. The number of amides is 1. The largest absolute Gasteiger partial charge is 0.481 e. The van der Waals surface area contributed by atoms with Crippen LogP contribution in [0.25, 0.3) is 0 Å². The molecule has 9 heteroatoms. The van der Waals surface area contributed by atoms with Gasteiger partial charge in [-0.3, -0.25) is 14.5 Å². The summed E-state index contributed by atoms with van der Waals surface area (Å²) >= 11 is 0. The topological polar surface area (TPSA) is 107 Å². The third-order valence-corrected chi connectivity index (χ3v) is 4.91. The van der Waals surface area contributed by atoms with Crippen LogP contribution in [0, 0.1) is 0 Å². The van der Waals surface area contributed by atoms with E-state index >= 15 is 0 Å². The van der Waals surface area contributed by atoms with Crippen molar-refractivity contribution < 1.29 is 23.1 Å². The van der Waals surface area contributed by atoms with Crippen LogP contribution in [0.1, 0.15) is 13.3 Å². The SMILES string of the molecule is CCNC(=O)CN1CCN(S(=O)(=O)CCC(=O)O)CC1. The van der Waals surface area contributed by atoms with Crippen molar-refractivity contribution in [2.75, 3.05) is 45.0 Å². The Morgan fingerprint density at radius 3 is 2.30 bits per heavy atom. The molecule has 0 atom stereocenters. The normalized spacial score (nSPS) is 17.9. The zero-order valence-electron chi connectivity index (χ0n) is 11.5. The smallest absolute Gasteiger partial charge is 0.304 e. The molecule has 0 aromatic heterocycles. The van der Waals surface area contributed by atoms with Crippen LogP contribution < -0.4 is 5.32 Å². The Morgan fingerprint density at radius 1 is 1.20 bits per heavy atom. The molecule has 1 heterocycles. The molecule has 1 aliphatic rings. The van der Waals surface area contributed by atoms with E-state index in [1.165, 1.54) is 4.31 Å². The molecule has 1 amide bonds. The number of aliphatic carboxylic acids is 1. The van der Waals surface area contributed by atoms with Gasteiger partial charge in [-0.1, -0.05) is 0 Å². The number of likely N-dealkylation sites (N-methyl/N-ethyl adjacent to an activating group) is 1. The van der Waals surface area contributed by atoms with Crippen LogP contribution in [-0.4, -0.2) is 79.6 Å². The van der Waals surface area contributed by atoms with E-state index in [-0.39, 0.29) is 24.6 Å². The first kappa shape index (κ1) is 16.9.